The number of benzene rings is 1. The van der Waals surface area contributed by atoms with Crippen molar-refractivity contribution < 1.29 is 23.1 Å². The maximum absolute atomic E-state index is 15.0. The van der Waals surface area contributed by atoms with Crippen molar-refractivity contribution in [2.45, 2.75) is 25.6 Å². The smallest absolute Gasteiger partial charge is 0.338 e. The van der Waals surface area contributed by atoms with Crippen molar-refractivity contribution >= 4 is 52.8 Å². The van der Waals surface area contributed by atoms with Gasteiger partial charge in [0.25, 0.3) is 0 Å². The lowest BCUT2D eigenvalue weighted by Crippen LogP contribution is -2.46. The van der Waals surface area contributed by atoms with E-state index in [0.29, 0.717) is 46.6 Å². The zero-order valence-electron chi connectivity index (χ0n) is 20.2. The van der Waals surface area contributed by atoms with Gasteiger partial charge in [-0.05, 0) is 37.8 Å². The number of hydrogen-bond donors (Lipinski definition) is 1. The van der Waals surface area contributed by atoms with Gasteiger partial charge in [0.2, 0.25) is 0 Å². The largest absolute Gasteiger partial charge is 0.463 e. The molecular formula is C25H27ClF2N4O3S2. The summed E-state index contributed by atoms with van der Waals surface area (Å²) in [5.74, 6) is 0.192. The van der Waals surface area contributed by atoms with Crippen LogP contribution in [-0.4, -0.2) is 71.9 Å². The van der Waals surface area contributed by atoms with E-state index in [-0.39, 0.29) is 36.2 Å². The second-order valence-electron chi connectivity index (χ2n) is 8.63. The second kappa shape index (κ2) is 12.9. The first-order chi connectivity index (χ1) is 17.9. The van der Waals surface area contributed by atoms with Crippen molar-refractivity contribution in [3.8, 4) is 0 Å². The first kappa shape index (κ1) is 27.7. The van der Waals surface area contributed by atoms with Crippen molar-refractivity contribution in [2.24, 2.45) is 10.9 Å². The monoisotopic (exact) mass is 568 g/mol. The van der Waals surface area contributed by atoms with Crippen LogP contribution < -0.4 is 5.32 Å². The molecule has 2 aliphatic heterocycles. The van der Waals surface area contributed by atoms with Gasteiger partial charge in [0.05, 0.1) is 12.2 Å². The predicted octanol–water partition coefficient (Wildman–Crippen LogP) is 4.44. The minimum absolute atomic E-state index is 0.128. The number of carbonyl (C=O) groups excluding carboxylic acids is 2. The zero-order valence-corrected chi connectivity index (χ0v) is 22.6. The van der Waals surface area contributed by atoms with E-state index in [4.69, 9.17) is 21.3 Å². The molecule has 2 aromatic rings. The summed E-state index contributed by atoms with van der Waals surface area (Å²) in [7, 11) is 0. The van der Waals surface area contributed by atoms with Gasteiger partial charge >= 0.3 is 5.97 Å². The first-order valence-electron chi connectivity index (χ1n) is 11.9. The fraction of sp³-hybridized carbons (Fsp3) is 0.440. The molecule has 0 bridgehead atoms. The highest BCUT2D eigenvalue weighted by Gasteiger charge is 2.36. The number of hydrogen-bond acceptors (Lipinski definition) is 9. The summed E-state index contributed by atoms with van der Waals surface area (Å²) in [6.45, 7) is 2.93. The van der Waals surface area contributed by atoms with E-state index < -0.39 is 24.0 Å². The molecule has 3 atom stereocenters. The Bertz CT molecular complexity index is 1180. The Hall–Kier alpha value is -2.34. The maximum atomic E-state index is 15.0. The number of ether oxygens (including phenoxy) is 1. The molecule has 2 unspecified atom stereocenters. The number of carbonyl (C=O) groups is 2. The predicted molar refractivity (Wildman–Crippen MR) is 142 cm³/mol. The number of thioether (sulfide) groups is 1. The standard InChI is InChI=1S/C25H27ClF2N4O3S2/c1-2-35-25(34)21-20(13-32-7-5-15(19(28)12-32)14-36-10-8-33)30-23(24-29-6-9-37-24)31-22(21)17-4-3-16(27)11-18(17)26/h3-4,6,8-9,11,15,19,22H,2,5,7,10,12-14H2,1H3,(H,30,31)/t15?,19?,22-/m0/s1. The van der Waals surface area contributed by atoms with E-state index in [9.17, 15) is 14.0 Å². The van der Waals surface area contributed by atoms with Crippen LogP contribution in [0.4, 0.5) is 8.78 Å². The normalized spacial score (nSPS) is 22.4. The molecule has 0 amide bonds. The van der Waals surface area contributed by atoms with Crippen LogP contribution in [0.15, 0.2) is 46.0 Å². The summed E-state index contributed by atoms with van der Waals surface area (Å²) in [5, 5.41) is 5.80. The van der Waals surface area contributed by atoms with Crippen LogP contribution in [0.1, 0.15) is 30.0 Å². The third-order valence-corrected chi connectivity index (χ3v) is 8.32. The Morgan fingerprint density at radius 1 is 1.43 bits per heavy atom. The number of likely N-dealkylation sites (tertiary alicyclic amines) is 1. The molecule has 1 N–H and O–H groups in total. The summed E-state index contributed by atoms with van der Waals surface area (Å²) < 4.78 is 34.2. The number of piperidine rings is 1. The fourth-order valence-electron chi connectivity index (χ4n) is 4.41. The molecule has 12 heteroatoms. The lowest BCUT2D eigenvalue weighted by atomic mass is 9.93. The van der Waals surface area contributed by atoms with Crippen molar-refractivity contribution in [1.82, 2.24) is 15.2 Å². The van der Waals surface area contributed by atoms with Crippen LogP contribution in [0, 0.1) is 11.7 Å². The molecule has 198 valence electrons. The number of nitrogens with zero attached hydrogens (tertiary/aromatic N) is 3. The van der Waals surface area contributed by atoms with Crippen LogP contribution in [-0.2, 0) is 14.3 Å². The molecule has 7 nitrogen and oxygen atoms in total. The summed E-state index contributed by atoms with van der Waals surface area (Å²) in [6, 6.07) is 3.10. The number of aldehydes is 1. The van der Waals surface area contributed by atoms with Crippen LogP contribution >= 0.6 is 34.7 Å². The molecule has 0 aliphatic carbocycles. The highest BCUT2D eigenvalue weighted by atomic mass is 35.5. The van der Waals surface area contributed by atoms with Crippen LogP contribution in [0.3, 0.4) is 0 Å². The number of alkyl halides is 1. The van der Waals surface area contributed by atoms with E-state index in [1.165, 1.54) is 41.3 Å². The van der Waals surface area contributed by atoms with Gasteiger partial charge in [0.15, 0.2) is 10.8 Å². The lowest BCUT2D eigenvalue weighted by Gasteiger charge is -2.36. The first-order valence-corrected chi connectivity index (χ1v) is 14.3. The number of thiazole rings is 1. The average molecular weight is 569 g/mol. The van der Waals surface area contributed by atoms with Crippen molar-refractivity contribution in [3.63, 3.8) is 0 Å². The van der Waals surface area contributed by atoms with Gasteiger partial charge in [-0.1, -0.05) is 17.7 Å². The van der Waals surface area contributed by atoms with E-state index in [0.717, 1.165) is 6.29 Å². The molecule has 2 aliphatic rings. The SMILES string of the molecule is CCOC(=O)C1=C(CN2CCC(CSCC=O)C(F)C2)NC(c2nccs2)=N[C@H]1c1ccc(F)cc1Cl. The zero-order chi connectivity index (χ0) is 26.4. The van der Waals surface area contributed by atoms with Gasteiger partial charge in [-0.25, -0.2) is 18.6 Å². The number of esters is 1. The average Bonchev–Trinajstić information content (AvgIpc) is 3.40. The van der Waals surface area contributed by atoms with Crippen molar-refractivity contribution in [2.75, 3.05) is 37.7 Å². The molecule has 37 heavy (non-hydrogen) atoms. The molecule has 1 fully saturated rings. The minimum atomic E-state index is -1.06. The van der Waals surface area contributed by atoms with E-state index in [1.807, 2.05) is 10.3 Å². The van der Waals surface area contributed by atoms with Gasteiger partial charge in [0, 0.05) is 52.6 Å². The molecule has 4 rings (SSSR count). The summed E-state index contributed by atoms with van der Waals surface area (Å²) in [4.78, 5) is 34.9. The third-order valence-electron chi connectivity index (χ3n) is 6.17. The number of amidine groups is 1. The highest BCUT2D eigenvalue weighted by Crippen LogP contribution is 2.37. The van der Waals surface area contributed by atoms with Gasteiger partial charge in [0.1, 0.15) is 24.3 Å². The minimum Gasteiger partial charge on any atom is -0.463 e. The third kappa shape index (κ3) is 6.76. The molecule has 0 radical (unpaired) electrons. The summed E-state index contributed by atoms with van der Waals surface area (Å²) >= 11 is 9.22. The van der Waals surface area contributed by atoms with Gasteiger partial charge in [-0.15, -0.1) is 11.3 Å². The van der Waals surface area contributed by atoms with E-state index in [2.05, 4.69) is 10.3 Å². The number of rotatable bonds is 10. The molecule has 1 aromatic carbocycles. The molecule has 0 spiro atoms. The van der Waals surface area contributed by atoms with Crippen LogP contribution in [0.2, 0.25) is 5.02 Å². The number of aromatic nitrogens is 1. The van der Waals surface area contributed by atoms with Crippen LogP contribution in [0.5, 0.6) is 0 Å². The molecule has 3 heterocycles. The molecule has 1 aromatic heterocycles. The molecular weight excluding hydrogens is 542 g/mol. The lowest BCUT2D eigenvalue weighted by molar-refractivity contribution is -0.139. The van der Waals surface area contributed by atoms with Gasteiger partial charge < -0.3 is 14.8 Å². The Morgan fingerprint density at radius 3 is 2.95 bits per heavy atom. The summed E-state index contributed by atoms with van der Waals surface area (Å²) in [6.07, 6.45) is 2.05. The van der Waals surface area contributed by atoms with E-state index in [1.54, 1.807) is 13.1 Å². The summed E-state index contributed by atoms with van der Waals surface area (Å²) in [5.41, 5.74) is 1.22. The Balaban J connectivity index is 1.67. The second-order valence-corrected chi connectivity index (χ2v) is 11.0. The number of halogens is 3. The number of nitrogens with one attached hydrogen (secondary N) is 1. The van der Waals surface area contributed by atoms with Gasteiger partial charge in [-0.3, -0.25) is 9.89 Å². The van der Waals surface area contributed by atoms with Crippen molar-refractivity contribution in [3.05, 3.63) is 62.5 Å². The highest BCUT2D eigenvalue weighted by molar-refractivity contribution is 7.99. The van der Waals surface area contributed by atoms with Gasteiger partial charge in [-0.2, -0.15) is 11.8 Å². The number of aliphatic imine (C=N–C) groups is 1. The molecule has 1 saturated heterocycles. The Labute approximate surface area is 227 Å². The van der Waals surface area contributed by atoms with E-state index >= 15 is 4.39 Å². The molecule has 0 saturated carbocycles. The van der Waals surface area contributed by atoms with Crippen LogP contribution in [0.25, 0.3) is 0 Å². The fourth-order valence-corrected chi connectivity index (χ4v) is 6.17. The quantitative estimate of drug-likeness (QED) is 0.258. The topological polar surface area (TPSA) is 83.9 Å². The maximum Gasteiger partial charge on any atom is 0.338 e. The Kier molecular flexibility index (Phi) is 9.69. The van der Waals surface area contributed by atoms with Crippen molar-refractivity contribution in [1.29, 1.82) is 0 Å². The Morgan fingerprint density at radius 2 is 2.27 bits per heavy atom.